The van der Waals surface area contributed by atoms with Gasteiger partial charge in [-0.15, -0.1) is 0 Å². The van der Waals surface area contributed by atoms with Gasteiger partial charge in [-0.1, -0.05) is 224 Å². The Bertz CT molecular complexity index is 2250. The number of methoxy groups -OCH3 is 1. The molecule has 0 saturated carbocycles. The minimum atomic E-state index is -0.392. The molecule has 0 aromatic heterocycles. The van der Waals surface area contributed by atoms with E-state index in [2.05, 4.69) is 48.5 Å². The van der Waals surface area contributed by atoms with Crippen LogP contribution in [0, 0.1) is 5.92 Å². The van der Waals surface area contributed by atoms with Crippen molar-refractivity contribution in [2.45, 2.75) is 131 Å². The van der Waals surface area contributed by atoms with Crippen molar-refractivity contribution in [2.75, 3.05) is 20.8 Å². The van der Waals surface area contributed by atoms with Crippen LogP contribution in [-0.4, -0.2) is 73.2 Å². The van der Waals surface area contributed by atoms with Crippen molar-refractivity contribution in [3.05, 3.63) is 215 Å². The number of rotatable bonds is 19. The molecule has 72 heavy (non-hydrogen) atoms. The topological polar surface area (TPSA) is 113 Å². The largest absolute Gasteiger partial charge is 0.469 e. The Balaban J connectivity index is 0.000000365. The van der Waals surface area contributed by atoms with Gasteiger partial charge in [0.15, 0.2) is 0 Å². The number of carbonyl (C=O) groups is 2. The highest BCUT2D eigenvalue weighted by Gasteiger charge is 2.48. The number of nitrogens with zero attached hydrogens (tertiary/aromatic N) is 1. The van der Waals surface area contributed by atoms with Gasteiger partial charge in [-0.25, -0.2) is 0 Å². The lowest BCUT2D eigenvalue weighted by Gasteiger charge is -2.47. The quantitative estimate of drug-likeness (QED) is 0.0626. The van der Waals surface area contributed by atoms with Crippen molar-refractivity contribution in [3.63, 3.8) is 0 Å². The summed E-state index contributed by atoms with van der Waals surface area (Å²) >= 11 is 0. The molecule has 10 nitrogen and oxygen atoms in total. The van der Waals surface area contributed by atoms with E-state index in [0.717, 1.165) is 40.5 Å². The molecule has 1 unspecified atom stereocenters. The number of aliphatic hydroxyl groups excluding tert-OH is 1. The van der Waals surface area contributed by atoms with E-state index < -0.39 is 6.10 Å². The number of hydrogen-bond donors (Lipinski definition) is 1. The van der Waals surface area contributed by atoms with Gasteiger partial charge in [-0.2, -0.15) is 0 Å². The molecule has 2 aliphatic heterocycles. The molecular formula is C62H81NO9. The monoisotopic (exact) mass is 984 g/mol. The third-order valence-electron chi connectivity index (χ3n) is 11.7. The molecule has 10 heteroatoms. The molecule has 8 rings (SSSR count). The molecule has 1 amide bonds. The summed E-state index contributed by atoms with van der Waals surface area (Å²) in [7, 11) is 2.38. The highest BCUT2D eigenvalue weighted by Crippen LogP contribution is 2.43. The summed E-state index contributed by atoms with van der Waals surface area (Å²) in [6.07, 6.45) is -0.814. The zero-order valence-electron chi connectivity index (χ0n) is 44.2. The van der Waals surface area contributed by atoms with Crippen LogP contribution >= 0.6 is 0 Å². The zero-order valence-corrected chi connectivity index (χ0v) is 44.2. The third-order valence-corrected chi connectivity index (χ3v) is 11.7. The van der Waals surface area contributed by atoms with Gasteiger partial charge in [0, 0.05) is 20.1 Å². The molecule has 2 fully saturated rings. The fourth-order valence-corrected chi connectivity index (χ4v) is 8.32. The smallest absolute Gasteiger partial charge is 0.305 e. The fourth-order valence-electron chi connectivity index (χ4n) is 8.32. The first-order chi connectivity index (χ1) is 35.5. The molecule has 0 bridgehead atoms. The Morgan fingerprint density at radius 1 is 0.528 bits per heavy atom. The van der Waals surface area contributed by atoms with Gasteiger partial charge in [0.2, 0.25) is 5.91 Å². The molecule has 2 saturated heterocycles. The van der Waals surface area contributed by atoms with E-state index in [9.17, 15) is 9.59 Å². The predicted molar refractivity (Wildman–Crippen MR) is 289 cm³/mol. The summed E-state index contributed by atoms with van der Waals surface area (Å²) < 4.78 is 37.2. The number of amides is 1. The second-order valence-electron chi connectivity index (χ2n) is 16.2. The minimum Gasteiger partial charge on any atom is -0.469 e. The third kappa shape index (κ3) is 19.6. The first kappa shape index (κ1) is 60.3. The maximum atomic E-state index is 12.6. The molecule has 0 spiro atoms. The van der Waals surface area contributed by atoms with Crippen molar-refractivity contribution in [1.29, 1.82) is 0 Å². The molecule has 0 aliphatic carbocycles. The van der Waals surface area contributed by atoms with E-state index in [0.29, 0.717) is 46.0 Å². The Morgan fingerprint density at radius 2 is 0.903 bits per heavy atom. The maximum Gasteiger partial charge on any atom is 0.305 e. The van der Waals surface area contributed by atoms with Crippen molar-refractivity contribution < 1.29 is 43.1 Å². The van der Waals surface area contributed by atoms with Crippen LogP contribution in [0.2, 0.25) is 0 Å². The Labute approximate surface area is 431 Å². The molecule has 2 aliphatic rings. The van der Waals surface area contributed by atoms with E-state index >= 15 is 0 Å². The van der Waals surface area contributed by atoms with Crippen LogP contribution < -0.4 is 0 Å². The molecule has 7 atom stereocenters. The zero-order chi connectivity index (χ0) is 52.4. The first-order valence-electron chi connectivity index (χ1n) is 25.6. The van der Waals surface area contributed by atoms with Gasteiger partial charge in [-0.05, 0) is 46.7 Å². The van der Waals surface area contributed by atoms with Crippen LogP contribution in [0.5, 0.6) is 0 Å². The van der Waals surface area contributed by atoms with Crippen LogP contribution in [0.25, 0.3) is 0 Å². The standard InChI is InChI=1S/C35H38O5.C20H21NO3.3C2H6.CH4O/c1-27-33(37-23-29-16-8-3-9-17-29)35(39-25-31-20-12-5-13-21-31)34(38-24-30-18-10-4-11-19-30)32(40-27)26-36-22-28-14-6-2-7-15-28;1-24-18(22)13-12-17-19(16-10-6-3-7-11-16)21(20(17)23)14-15-8-4-2-5-9-15;4*1-2/h2-21,27,32-35H,22-26H2,1H3;2-11,17,19H,12-14H2,1H3;3*1-2H3;2H,1H3/t27-,32+,33-,34+,35+;17-,19?;;;;/m01..../s1. The van der Waals surface area contributed by atoms with Crippen molar-refractivity contribution in [2.24, 2.45) is 5.92 Å². The average molecular weight is 984 g/mol. The van der Waals surface area contributed by atoms with Gasteiger partial charge < -0.3 is 38.4 Å². The van der Waals surface area contributed by atoms with E-state index in [-0.39, 0.29) is 54.7 Å². The van der Waals surface area contributed by atoms with E-state index in [1.54, 1.807) is 0 Å². The highest BCUT2D eigenvalue weighted by molar-refractivity contribution is 5.87. The molecule has 0 radical (unpaired) electrons. The molecule has 1 N–H and O–H groups in total. The summed E-state index contributed by atoms with van der Waals surface area (Å²) in [5.74, 6) is -0.317. The Kier molecular flexibility index (Phi) is 30.2. The second kappa shape index (κ2) is 36.0. The number of esters is 1. The van der Waals surface area contributed by atoms with Crippen molar-refractivity contribution in [1.82, 2.24) is 4.90 Å². The van der Waals surface area contributed by atoms with Gasteiger partial charge >= 0.3 is 5.97 Å². The number of ether oxygens (including phenoxy) is 6. The number of carbonyl (C=O) groups excluding carboxylic acids is 2. The van der Waals surface area contributed by atoms with Crippen LogP contribution in [0.15, 0.2) is 182 Å². The normalized spacial score (nSPS) is 19.5. The number of likely N-dealkylation sites (tertiary alicyclic amines) is 1. The summed E-state index contributed by atoms with van der Waals surface area (Å²) in [6.45, 7) is 16.9. The summed E-state index contributed by atoms with van der Waals surface area (Å²) in [4.78, 5) is 26.0. The summed E-state index contributed by atoms with van der Waals surface area (Å²) in [5.41, 5.74) is 6.64. The van der Waals surface area contributed by atoms with Gasteiger partial charge in [0.25, 0.3) is 0 Å². The van der Waals surface area contributed by atoms with Crippen LogP contribution in [0.4, 0.5) is 0 Å². The van der Waals surface area contributed by atoms with Crippen LogP contribution in [0.1, 0.15) is 101 Å². The maximum absolute atomic E-state index is 12.6. The van der Waals surface area contributed by atoms with Crippen LogP contribution in [0.3, 0.4) is 0 Å². The van der Waals surface area contributed by atoms with Gasteiger partial charge in [0.1, 0.15) is 24.4 Å². The molecule has 6 aromatic rings. The first-order valence-corrected chi connectivity index (χ1v) is 25.6. The minimum absolute atomic E-state index is 0.0172. The lowest BCUT2D eigenvalue weighted by Crippen LogP contribution is -2.60. The molecule has 6 aromatic carbocycles. The van der Waals surface area contributed by atoms with E-state index in [1.165, 1.54) is 7.11 Å². The van der Waals surface area contributed by atoms with Crippen LogP contribution in [-0.2, 0) is 71.0 Å². The lowest BCUT2D eigenvalue weighted by molar-refractivity contribution is -0.269. The SMILES string of the molecule is CC.CC.CC.CO.COC(=O)CC[C@H]1C(=O)N(Cc2ccccc2)C1c1ccccc1.C[C@@H]1O[C@H](COCc2ccccc2)[C@@H](OCc2ccccc2)[C@H](OCc2ccccc2)[C@H]1OCc1ccccc1. The number of β-lactam (4-membered cyclic amide) rings is 1. The Hall–Kier alpha value is -5.98. The van der Waals surface area contributed by atoms with Crippen molar-refractivity contribution in [3.8, 4) is 0 Å². The fraction of sp³-hybridized carbons (Fsp3) is 0.387. The van der Waals surface area contributed by atoms with Gasteiger partial charge in [0.05, 0.1) is 58.2 Å². The molecule has 388 valence electrons. The van der Waals surface area contributed by atoms with E-state index in [1.807, 2.05) is 187 Å². The Morgan fingerprint density at radius 3 is 1.33 bits per heavy atom. The summed E-state index contributed by atoms with van der Waals surface area (Å²) in [6, 6.07) is 60.8. The summed E-state index contributed by atoms with van der Waals surface area (Å²) in [5, 5.41) is 7.00. The molecule has 2 heterocycles. The lowest BCUT2D eigenvalue weighted by atomic mass is 9.79. The van der Waals surface area contributed by atoms with Gasteiger partial charge in [-0.3, -0.25) is 9.59 Å². The number of aliphatic hydroxyl groups is 1. The van der Waals surface area contributed by atoms with Crippen molar-refractivity contribution >= 4 is 11.9 Å². The average Bonchev–Trinajstić information content (AvgIpc) is 3.46. The second-order valence-corrected chi connectivity index (χ2v) is 16.2. The molecular weight excluding hydrogens is 903 g/mol. The highest BCUT2D eigenvalue weighted by atomic mass is 16.6. The van der Waals surface area contributed by atoms with E-state index in [4.69, 9.17) is 33.5 Å². The number of hydrogen-bond acceptors (Lipinski definition) is 9. The number of benzene rings is 6. The predicted octanol–water partition coefficient (Wildman–Crippen LogP) is 12.8.